The van der Waals surface area contributed by atoms with Gasteiger partial charge < -0.3 is 8.92 Å². The minimum absolute atomic E-state index is 0.0690. The number of benzene rings is 2. The summed E-state index contributed by atoms with van der Waals surface area (Å²) in [5.41, 5.74) is 0.339. The Morgan fingerprint density at radius 1 is 1.13 bits per heavy atom. The van der Waals surface area contributed by atoms with E-state index in [0.717, 1.165) is 18.2 Å². The Bertz CT molecular complexity index is 864. The number of ketones is 1. The molecule has 0 aromatic heterocycles. The Kier molecular flexibility index (Phi) is 4.91. The molecule has 0 bridgehead atoms. The quantitative estimate of drug-likeness (QED) is 0.604. The third kappa shape index (κ3) is 3.80. The molecule has 0 N–H and O–H groups in total. The number of Topliss-reactive ketones (excluding diaryl/α,β-unsaturated/α-hetero) is 1. The molecule has 0 fully saturated rings. The highest BCUT2D eigenvalue weighted by atomic mass is 35.5. The molecule has 0 radical (unpaired) electrons. The van der Waals surface area contributed by atoms with E-state index in [9.17, 15) is 17.6 Å². The van der Waals surface area contributed by atoms with Gasteiger partial charge in [0.15, 0.2) is 17.3 Å². The summed E-state index contributed by atoms with van der Waals surface area (Å²) >= 11 is 5.75. The van der Waals surface area contributed by atoms with Gasteiger partial charge in [0.2, 0.25) is 0 Å². The lowest BCUT2D eigenvalue weighted by Crippen LogP contribution is -2.11. The fraction of sp³-hybridized carbons (Fsp3) is 0.133. The zero-order valence-corrected chi connectivity index (χ0v) is 13.7. The van der Waals surface area contributed by atoms with Crippen LogP contribution in [0.2, 0.25) is 5.02 Å². The van der Waals surface area contributed by atoms with Crippen molar-refractivity contribution in [2.45, 2.75) is 11.8 Å². The van der Waals surface area contributed by atoms with Crippen molar-refractivity contribution in [3.8, 4) is 11.5 Å². The summed E-state index contributed by atoms with van der Waals surface area (Å²) in [4.78, 5) is 11.0. The summed E-state index contributed by atoms with van der Waals surface area (Å²) in [6.07, 6.45) is 0. The summed E-state index contributed by atoms with van der Waals surface area (Å²) < 4.78 is 47.6. The normalized spacial score (nSPS) is 11.1. The molecule has 122 valence electrons. The highest BCUT2D eigenvalue weighted by molar-refractivity contribution is 7.87. The van der Waals surface area contributed by atoms with E-state index in [-0.39, 0.29) is 27.2 Å². The van der Waals surface area contributed by atoms with E-state index < -0.39 is 15.9 Å². The number of rotatable bonds is 5. The molecule has 0 saturated heterocycles. The van der Waals surface area contributed by atoms with Gasteiger partial charge >= 0.3 is 10.1 Å². The highest BCUT2D eigenvalue weighted by Gasteiger charge is 2.23. The number of carbonyl (C=O) groups excluding carboxylic acids is 1. The second-order valence-corrected chi connectivity index (χ2v) is 6.46. The second-order valence-electron chi connectivity index (χ2n) is 4.53. The van der Waals surface area contributed by atoms with Crippen LogP contribution < -0.4 is 8.92 Å². The molecule has 0 atom stereocenters. The van der Waals surface area contributed by atoms with Crippen LogP contribution in [0.25, 0.3) is 0 Å². The Morgan fingerprint density at radius 3 is 2.39 bits per heavy atom. The summed E-state index contributed by atoms with van der Waals surface area (Å²) in [5, 5.41) is -0.302. The number of ether oxygens (including phenoxy) is 1. The van der Waals surface area contributed by atoms with Crippen molar-refractivity contribution in [3.05, 3.63) is 52.8 Å². The van der Waals surface area contributed by atoms with Crippen LogP contribution in [0.1, 0.15) is 17.3 Å². The van der Waals surface area contributed by atoms with Crippen molar-refractivity contribution in [2.75, 3.05) is 7.11 Å². The predicted octanol–water partition coefficient (Wildman–Crippen LogP) is 3.46. The van der Waals surface area contributed by atoms with Crippen LogP contribution in [0.15, 0.2) is 41.3 Å². The maximum Gasteiger partial charge on any atom is 0.340 e. The monoisotopic (exact) mass is 358 g/mol. The van der Waals surface area contributed by atoms with Crippen molar-refractivity contribution >= 4 is 27.5 Å². The first-order chi connectivity index (χ1) is 10.7. The van der Waals surface area contributed by atoms with Gasteiger partial charge in [0.05, 0.1) is 12.1 Å². The lowest BCUT2D eigenvalue weighted by molar-refractivity contribution is 0.101. The Labute approximate surface area is 137 Å². The first kappa shape index (κ1) is 17.2. The van der Waals surface area contributed by atoms with Crippen LogP contribution in [0.5, 0.6) is 11.5 Å². The smallest absolute Gasteiger partial charge is 0.340 e. The molecule has 0 spiro atoms. The SMILES string of the molecule is COc1cc(C(C)=O)ccc1OS(=O)(=O)c1ccc(F)cc1Cl. The molecule has 0 unspecified atom stereocenters. The van der Waals surface area contributed by atoms with Crippen molar-refractivity contribution in [3.63, 3.8) is 0 Å². The average Bonchev–Trinajstić information content (AvgIpc) is 2.46. The topological polar surface area (TPSA) is 69.7 Å². The van der Waals surface area contributed by atoms with E-state index in [1.165, 1.54) is 32.2 Å². The van der Waals surface area contributed by atoms with Gasteiger partial charge in [-0.05, 0) is 43.3 Å². The molecular formula is C15H12ClFO5S. The molecule has 5 nitrogen and oxygen atoms in total. The molecule has 2 rings (SSSR count). The summed E-state index contributed by atoms with van der Waals surface area (Å²) in [6.45, 7) is 1.37. The van der Waals surface area contributed by atoms with Gasteiger partial charge in [0, 0.05) is 5.56 Å². The largest absolute Gasteiger partial charge is 0.493 e. The van der Waals surface area contributed by atoms with E-state index in [1.807, 2.05) is 0 Å². The molecular weight excluding hydrogens is 347 g/mol. The lowest BCUT2D eigenvalue weighted by atomic mass is 10.1. The first-order valence-corrected chi connectivity index (χ1v) is 8.11. The highest BCUT2D eigenvalue weighted by Crippen LogP contribution is 2.32. The van der Waals surface area contributed by atoms with E-state index in [4.69, 9.17) is 20.5 Å². The molecule has 0 aliphatic carbocycles. The van der Waals surface area contributed by atoms with Crippen LogP contribution in [-0.4, -0.2) is 21.3 Å². The molecule has 2 aromatic rings. The zero-order chi connectivity index (χ0) is 17.2. The van der Waals surface area contributed by atoms with E-state index in [2.05, 4.69) is 0 Å². The summed E-state index contributed by atoms with van der Waals surface area (Å²) in [7, 11) is -2.98. The van der Waals surface area contributed by atoms with E-state index in [1.54, 1.807) is 0 Å². The molecule has 2 aromatic carbocycles. The van der Waals surface area contributed by atoms with Crippen LogP contribution >= 0.6 is 11.6 Å². The van der Waals surface area contributed by atoms with Crippen molar-refractivity contribution < 1.29 is 26.5 Å². The number of hydrogen-bond acceptors (Lipinski definition) is 5. The Morgan fingerprint density at radius 2 is 1.83 bits per heavy atom. The van der Waals surface area contributed by atoms with Crippen molar-refractivity contribution in [1.29, 1.82) is 0 Å². The molecule has 23 heavy (non-hydrogen) atoms. The summed E-state index contributed by atoms with van der Waals surface area (Å²) in [5.74, 6) is -0.922. The fourth-order valence-electron chi connectivity index (χ4n) is 1.80. The zero-order valence-electron chi connectivity index (χ0n) is 12.2. The minimum Gasteiger partial charge on any atom is -0.493 e. The molecule has 0 heterocycles. The van der Waals surface area contributed by atoms with Gasteiger partial charge in [-0.1, -0.05) is 11.6 Å². The van der Waals surface area contributed by atoms with Crippen molar-refractivity contribution in [1.82, 2.24) is 0 Å². The van der Waals surface area contributed by atoms with Gasteiger partial charge in [-0.15, -0.1) is 0 Å². The average molecular weight is 359 g/mol. The number of carbonyl (C=O) groups is 1. The van der Waals surface area contributed by atoms with Crippen LogP contribution in [0.3, 0.4) is 0 Å². The predicted molar refractivity (Wildman–Crippen MR) is 82.2 cm³/mol. The number of hydrogen-bond donors (Lipinski definition) is 0. The van der Waals surface area contributed by atoms with Crippen LogP contribution in [0, 0.1) is 5.82 Å². The molecule has 0 saturated carbocycles. The van der Waals surface area contributed by atoms with Crippen molar-refractivity contribution in [2.24, 2.45) is 0 Å². The van der Waals surface area contributed by atoms with E-state index in [0.29, 0.717) is 5.56 Å². The lowest BCUT2D eigenvalue weighted by Gasteiger charge is -2.12. The van der Waals surface area contributed by atoms with Gasteiger partial charge in [0.25, 0.3) is 0 Å². The third-order valence-corrected chi connectivity index (χ3v) is 4.65. The maximum atomic E-state index is 13.0. The first-order valence-electron chi connectivity index (χ1n) is 6.33. The Hall–Kier alpha value is -2.12. The van der Waals surface area contributed by atoms with Gasteiger partial charge in [-0.25, -0.2) is 4.39 Å². The Balaban J connectivity index is 2.43. The minimum atomic E-state index is -4.29. The second kappa shape index (κ2) is 6.55. The maximum absolute atomic E-state index is 13.0. The fourth-order valence-corrected chi connectivity index (χ4v) is 3.24. The standard InChI is InChI=1S/C15H12ClFO5S/c1-9(18)10-3-5-13(14(7-10)21-2)22-23(19,20)15-6-4-11(17)8-12(15)16/h3-8H,1-2H3. The summed E-state index contributed by atoms with van der Waals surface area (Å²) in [6, 6.07) is 6.89. The van der Waals surface area contributed by atoms with Crippen LogP contribution in [0.4, 0.5) is 4.39 Å². The molecule has 8 heteroatoms. The molecule has 0 aliphatic rings. The van der Waals surface area contributed by atoms with Gasteiger partial charge in [-0.2, -0.15) is 8.42 Å². The number of halogens is 2. The molecule has 0 aliphatic heterocycles. The van der Waals surface area contributed by atoms with Crippen LogP contribution in [-0.2, 0) is 10.1 Å². The molecule has 0 amide bonds. The third-order valence-electron chi connectivity index (χ3n) is 2.93. The van der Waals surface area contributed by atoms with Gasteiger partial charge in [0.1, 0.15) is 10.7 Å². The van der Waals surface area contributed by atoms with E-state index >= 15 is 0 Å². The number of methoxy groups -OCH3 is 1. The van der Waals surface area contributed by atoms with Gasteiger partial charge in [-0.3, -0.25) is 4.79 Å².